The lowest BCUT2D eigenvalue weighted by Crippen LogP contribution is -2.17. The highest BCUT2D eigenvalue weighted by molar-refractivity contribution is 5.38. The number of phenolic OH excluding ortho intramolecular Hbond substituents is 1. The maximum absolute atomic E-state index is 11.9. The molecule has 0 saturated heterocycles. The van der Waals surface area contributed by atoms with Gasteiger partial charge < -0.3 is 9.84 Å². The molecule has 0 aliphatic heterocycles. The molecule has 1 rings (SSSR count). The third-order valence-corrected chi connectivity index (χ3v) is 1.81. The molecule has 0 amide bonds. The minimum absolute atomic E-state index is 0.0210. The second-order valence-corrected chi connectivity index (χ2v) is 3.46. The van der Waals surface area contributed by atoms with Crippen molar-refractivity contribution in [1.29, 1.82) is 0 Å². The van der Waals surface area contributed by atoms with Gasteiger partial charge in [0.1, 0.15) is 11.5 Å². The summed E-state index contributed by atoms with van der Waals surface area (Å²) in [6, 6.07) is 3.60. The Balaban J connectivity index is 2.99. The highest BCUT2D eigenvalue weighted by atomic mass is 19.4. The summed E-state index contributed by atoms with van der Waals surface area (Å²) in [6.45, 7) is 3.62. The number of phenols is 1. The van der Waals surface area contributed by atoms with Crippen LogP contribution in [0.4, 0.5) is 13.2 Å². The lowest BCUT2D eigenvalue weighted by atomic mass is 10.0. The van der Waals surface area contributed by atoms with E-state index in [1.54, 1.807) is 0 Å². The van der Waals surface area contributed by atoms with Crippen LogP contribution in [0.5, 0.6) is 11.5 Å². The lowest BCUT2D eigenvalue weighted by Gasteiger charge is -2.12. The van der Waals surface area contributed by atoms with Gasteiger partial charge in [0.2, 0.25) is 0 Å². The second kappa shape index (κ2) is 4.00. The SMILES string of the molecule is CC(C)c1cc(O)cc(OC(F)(F)F)c1. The zero-order chi connectivity index (χ0) is 11.6. The highest BCUT2D eigenvalue weighted by Crippen LogP contribution is 2.30. The Bertz CT molecular complexity index is 345. The molecule has 84 valence electrons. The quantitative estimate of drug-likeness (QED) is 0.827. The third kappa shape index (κ3) is 3.69. The van der Waals surface area contributed by atoms with Gasteiger partial charge in [-0.05, 0) is 23.6 Å². The van der Waals surface area contributed by atoms with Gasteiger partial charge >= 0.3 is 6.36 Å². The Kier molecular flexibility index (Phi) is 3.12. The molecule has 0 heterocycles. The number of hydrogen-bond donors (Lipinski definition) is 1. The van der Waals surface area contributed by atoms with Crippen molar-refractivity contribution in [3.8, 4) is 11.5 Å². The summed E-state index contributed by atoms with van der Waals surface area (Å²) in [7, 11) is 0. The summed E-state index contributed by atoms with van der Waals surface area (Å²) in [4.78, 5) is 0. The molecule has 15 heavy (non-hydrogen) atoms. The van der Waals surface area contributed by atoms with Gasteiger partial charge in [0.05, 0.1) is 0 Å². The molecule has 5 heteroatoms. The molecule has 1 aromatic rings. The fourth-order valence-electron chi connectivity index (χ4n) is 1.13. The lowest BCUT2D eigenvalue weighted by molar-refractivity contribution is -0.274. The van der Waals surface area contributed by atoms with Gasteiger partial charge in [0.25, 0.3) is 0 Å². The highest BCUT2D eigenvalue weighted by Gasteiger charge is 2.31. The Morgan fingerprint density at radius 1 is 1.20 bits per heavy atom. The van der Waals surface area contributed by atoms with Gasteiger partial charge in [-0.1, -0.05) is 13.8 Å². The van der Waals surface area contributed by atoms with Crippen LogP contribution in [0, 0.1) is 0 Å². The maximum atomic E-state index is 11.9. The smallest absolute Gasteiger partial charge is 0.508 e. The number of aromatic hydroxyl groups is 1. The molecular weight excluding hydrogens is 209 g/mol. The van der Waals surface area contributed by atoms with Crippen molar-refractivity contribution in [3.63, 3.8) is 0 Å². The average molecular weight is 220 g/mol. The first-order chi connectivity index (χ1) is 6.78. The number of ether oxygens (including phenoxy) is 1. The maximum Gasteiger partial charge on any atom is 0.573 e. The summed E-state index contributed by atoms with van der Waals surface area (Å²) < 4.78 is 39.4. The molecular formula is C10H11F3O2. The van der Waals surface area contributed by atoms with Gasteiger partial charge in [0.15, 0.2) is 0 Å². The first kappa shape index (κ1) is 11.7. The summed E-state index contributed by atoms with van der Waals surface area (Å²) in [5.41, 5.74) is 0.592. The van der Waals surface area contributed by atoms with Crippen LogP contribution in [-0.4, -0.2) is 11.5 Å². The minimum atomic E-state index is -4.73. The van der Waals surface area contributed by atoms with E-state index >= 15 is 0 Å². The van der Waals surface area contributed by atoms with Crippen molar-refractivity contribution >= 4 is 0 Å². The number of benzene rings is 1. The van der Waals surface area contributed by atoms with E-state index in [9.17, 15) is 18.3 Å². The van der Waals surface area contributed by atoms with E-state index in [4.69, 9.17) is 0 Å². The van der Waals surface area contributed by atoms with Crippen LogP contribution in [0.15, 0.2) is 18.2 Å². The largest absolute Gasteiger partial charge is 0.573 e. The van der Waals surface area contributed by atoms with E-state index in [0.717, 1.165) is 6.07 Å². The van der Waals surface area contributed by atoms with Gasteiger partial charge in [-0.2, -0.15) is 0 Å². The Morgan fingerprint density at radius 2 is 1.80 bits per heavy atom. The Morgan fingerprint density at radius 3 is 2.27 bits per heavy atom. The molecule has 0 unspecified atom stereocenters. The van der Waals surface area contributed by atoms with Crippen molar-refractivity contribution in [3.05, 3.63) is 23.8 Å². The first-order valence-electron chi connectivity index (χ1n) is 4.37. The van der Waals surface area contributed by atoms with Gasteiger partial charge in [-0.15, -0.1) is 13.2 Å². The van der Waals surface area contributed by atoms with E-state index in [2.05, 4.69) is 4.74 Å². The van der Waals surface area contributed by atoms with Crippen LogP contribution in [0.1, 0.15) is 25.3 Å². The summed E-state index contributed by atoms with van der Waals surface area (Å²) in [5.74, 6) is -0.612. The Hall–Kier alpha value is -1.39. The first-order valence-corrected chi connectivity index (χ1v) is 4.37. The number of alkyl halides is 3. The number of hydrogen-bond acceptors (Lipinski definition) is 2. The van der Waals surface area contributed by atoms with E-state index < -0.39 is 12.1 Å². The normalized spacial score (nSPS) is 11.9. The molecule has 0 fully saturated rings. The fraction of sp³-hybridized carbons (Fsp3) is 0.400. The fourth-order valence-corrected chi connectivity index (χ4v) is 1.13. The molecule has 0 aromatic heterocycles. The molecule has 0 saturated carbocycles. The van der Waals surface area contributed by atoms with E-state index in [-0.39, 0.29) is 11.7 Å². The zero-order valence-electron chi connectivity index (χ0n) is 8.30. The van der Waals surface area contributed by atoms with Crippen molar-refractivity contribution < 1.29 is 23.0 Å². The second-order valence-electron chi connectivity index (χ2n) is 3.46. The topological polar surface area (TPSA) is 29.5 Å². The van der Waals surface area contributed by atoms with Crippen molar-refractivity contribution in [1.82, 2.24) is 0 Å². The third-order valence-electron chi connectivity index (χ3n) is 1.81. The van der Waals surface area contributed by atoms with Crippen LogP contribution in [0.3, 0.4) is 0 Å². The number of rotatable bonds is 2. The molecule has 1 N–H and O–H groups in total. The zero-order valence-corrected chi connectivity index (χ0v) is 8.30. The molecule has 0 spiro atoms. The van der Waals surface area contributed by atoms with Crippen LogP contribution >= 0.6 is 0 Å². The monoisotopic (exact) mass is 220 g/mol. The van der Waals surface area contributed by atoms with Gasteiger partial charge in [-0.25, -0.2) is 0 Å². The predicted molar refractivity (Wildman–Crippen MR) is 48.9 cm³/mol. The molecule has 0 aliphatic carbocycles. The molecule has 0 atom stereocenters. The van der Waals surface area contributed by atoms with Crippen molar-refractivity contribution in [2.75, 3.05) is 0 Å². The molecule has 0 bridgehead atoms. The molecule has 1 aromatic carbocycles. The van der Waals surface area contributed by atoms with Crippen LogP contribution < -0.4 is 4.74 Å². The van der Waals surface area contributed by atoms with Crippen LogP contribution in [-0.2, 0) is 0 Å². The van der Waals surface area contributed by atoms with Crippen molar-refractivity contribution in [2.24, 2.45) is 0 Å². The summed E-state index contributed by atoms with van der Waals surface area (Å²) in [5, 5.41) is 9.19. The summed E-state index contributed by atoms with van der Waals surface area (Å²) in [6.07, 6.45) is -4.73. The van der Waals surface area contributed by atoms with E-state index in [1.165, 1.54) is 12.1 Å². The van der Waals surface area contributed by atoms with E-state index in [1.807, 2.05) is 13.8 Å². The Labute approximate surface area is 85.3 Å². The van der Waals surface area contributed by atoms with Crippen LogP contribution in [0.25, 0.3) is 0 Å². The standard InChI is InChI=1S/C10H11F3O2/c1-6(2)7-3-8(14)5-9(4-7)15-10(11,12)13/h3-6,14H,1-2H3. The molecule has 0 radical (unpaired) electrons. The minimum Gasteiger partial charge on any atom is -0.508 e. The number of halogens is 3. The van der Waals surface area contributed by atoms with Crippen molar-refractivity contribution in [2.45, 2.75) is 26.1 Å². The van der Waals surface area contributed by atoms with E-state index in [0.29, 0.717) is 5.56 Å². The van der Waals surface area contributed by atoms with Crippen LogP contribution in [0.2, 0.25) is 0 Å². The van der Waals surface area contributed by atoms with Gasteiger partial charge in [-0.3, -0.25) is 0 Å². The van der Waals surface area contributed by atoms with Gasteiger partial charge in [0, 0.05) is 6.07 Å². The summed E-state index contributed by atoms with van der Waals surface area (Å²) >= 11 is 0. The molecule has 0 aliphatic rings. The molecule has 2 nitrogen and oxygen atoms in total. The average Bonchev–Trinajstić information content (AvgIpc) is 1.99. The predicted octanol–water partition coefficient (Wildman–Crippen LogP) is 3.41.